The fourth-order valence-electron chi connectivity index (χ4n) is 3.83. The van der Waals surface area contributed by atoms with E-state index in [2.05, 4.69) is 30.9 Å². The van der Waals surface area contributed by atoms with Crippen LogP contribution < -0.4 is 5.32 Å². The van der Waals surface area contributed by atoms with Gasteiger partial charge in [0, 0.05) is 13.1 Å². The maximum atomic E-state index is 12.7. The number of anilines is 1. The summed E-state index contributed by atoms with van der Waals surface area (Å²) in [5.41, 5.74) is 2.64. The minimum absolute atomic E-state index is 0.0730. The molecule has 0 radical (unpaired) electrons. The molecule has 3 aromatic rings. The summed E-state index contributed by atoms with van der Waals surface area (Å²) in [6.07, 6.45) is 4.90. The van der Waals surface area contributed by atoms with Crippen LogP contribution >= 0.6 is 0 Å². The second-order valence-corrected chi connectivity index (χ2v) is 7.60. The van der Waals surface area contributed by atoms with Crippen molar-refractivity contribution in [3.63, 3.8) is 0 Å². The van der Waals surface area contributed by atoms with Crippen LogP contribution in [-0.4, -0.2) is 55.5 Å². The second-order valence-electron chi connectivity index (χ2n) is 7.60. The maximum Gasteiger partial charge on any atom is 0.316 e. The molecule has 1 saturated carbocycles. The summed E-state index contributed by atoms with van der Waals surface area (Å²) in [5.74, 6) is 0.411. The third kappa shape index (κ3) is 2.92. The summed E-state index contributed by atoms with van der Waals surface area (Å²) >= 11 is 0. The van der Waals surface area contributed by atoms with Gasteiger partial charge in [-0.3, -0.25) is 4.79 Å². The minimum Gasteiger partial charge on any atom is -0.403 e. The van der Waals surface area contributed by atoms with Crippen LogP contribution in [0.4, 0.5) is 6.01 Å². The highest BCUT2D eigenvalue weighted by Crippen LogP contribution is 2.53. The zero-order valence-electron chi connectivity index (χ0n) is 15.1. The highest BCUT2D eigenvalue weighted by molar-refractivity contribution is 5.88. The number of nitrogens with zero attached hydrogens (tertiary/aromatic N) is 5. The topological polar surface area (TPSA) is 113 Å². The number of rotatable bonds is 4. The molecule has 1 saturated heterocycles. The lowest BCUT2D eigenvalue weighted by atomic mass is 9.93. The van der Waals surface area contributed by atoms with E-state index < -0.39 is 6.04 Å². The molecule has 1 spiro atoms. The maximum absolute atomic E-state index is 12.7. The lowest BCUT2D eigenvalue weighted by Gasteiger charge is -2.33. The lowest BCUT2D eigenvalue weighted by Crippen LogP contribution is -2.45. The van der Waals surface area contributed by atoms with Crippen LogP contribution in [0, 0.1) is 5.41 Å². The Kier molecular flexibility index (Phi) is 3.63. The van der Waals surface area contributed by atoms with Gasteiger partial charge in [0.1, 0.15) is 17.1 Å². The quantitative estimate of drug-likeness (QED) is 0.727. The Bertz CT molecular complexity index is 980. The van der Waals surface area contributed by atoms with Crippen LogP contribution in [0.5, 0.6) is 0 Å². The van der Waals surface area contributed by atoms with Crippen molar-refractivity contribution >= 4 is 23.0 Å². The van der Waals surface area contributed by atoms with Gasteiger partial charge in [-0.25, -0.2) is 0 Å². The first-order valence-electron chi connectivity index (χ1n) is 9.32. The second kappa shape index (κ2) is 6.04. The van der Waals surface area contributed by atoms with Crippen molar-refractivity contribution in [2.75, 3.05) is 18.4 Å². The van der Waals surface area contributed by atoms with Gasteiger partial charge in [-0.05, 0) is 50.2 Å². The van der Waals surface area contributed by atoms with Gasteiger partial charge in [0.25, 0.3) is 5.89 Å². The molecule has 0 unspecified atom stereocenters. The van der Waals surface area contributed by atoms with Crippen molar-refractivity contribution in [1.82, 2.24) is 30.5 Å². The summed E-state index contributed by atoms with van der Waals surface area (Å²) in [6, 6.07) is 5.35. The molecule has 1 aromatic carbocycles. The third-order valence-electron chi connectivity index (χ3n) is 5.81. The van der Waals surface area contributed by atoms with Gasteiger partial charge in [-0.2, -0.15) is 15.4 Å². The predicted octanol–water partition coefficient (Wildman–Crippen LogP) is 2.21. The molecular weight excluding hydrogens is 346 g/mol. The molecule has 1 amide bonds. The largest absolute Gasteiger partial charge is 0.403 e. The molecule has 2 aromatic heterocycles. The summed E-state index contributed by atoms with van der Waals surface area (Å²) < 4.78 is 5.71. The average Bonchev–Trinajstić information content (AvgIpc) is 3.10. The summed E-state index contributed by atoms with van der Waals surface area (Å²) in [5, 5.41) is 21.9. The van der Waals surface area contributed by atoms with E-state index in [0.717, 1.165) is 31.4 Å². The minimum atomic E-state index is -0.422. The molecule has 2 fully saturated rings. The molecule has 2 N–H and O–H groups in total. The molecule has 1 aliphatic carbocycles. The molecule has 27 heavy (non-hydrogen) atoms. The van der Waals surface area contributed by atoms with E-state index in [9.17, 15) is 4.79 Å². The van der Waals surface area contributed by atoms with Gasteiger partial charge >= 0.3 is 6.01 Å². The number of likely N-dealkylation sites (tertiary alicyclic amines) is 1. The van der Waals surface area contributed by atoms with Crippen molar-refractivity contribution in [2.24, 2.45) is 5.41 Å². The first kappa shape index (κ1) is 16.2. The number of nitrogens with one attached hydrogen (secondary N) is 2. The number of carbonyl (C=O) groups is 1. The van der Waals surface area contributed by atoms with Crippen LogP contribution in [-0.2, 0) is 4.79 Å². The van der Waals surface area contributed by atoms with Gasteiger partial charge < -0.3 is 14.6 Å². The normalized spacial score (nSPS) is 19.4. The number of piperidine rings is 1. The number of para-hydroxylation sites is 1. The first-order valence-corrected chi connectivity index (χ1v) is 9.32. The standard InChI is InChI=1S/C18H21N7O2/c1-11(16(26)25-9-7-18(5-6-18)8-10-25)19-17-23-22-15(27-17)12-3-2-4-13-14(12)21-24-20-13/h2-4,11H,5-10H2,1H3,(H,19,23)(H,20,21,24)/t11-/m1/s1. The SMILES string of the molecule is C[C@@H](Nc1nnc(-c2cccc3n[nH]nc23)o1)C(=O)N1CCC2(CC1)CC2. The molecular formula is C18H21N7O2. The highest BCUT2D eigenvalue weighted by Gasteiger charge is 2.45. The number of H-pyrrole nitrogens is 1. The molecule has 3 heterocycles. The Hall–Kier alpha value is -2.97. The van der Waals surface area contributed by atoms with Gasteiger partial charge in [-0.1, -0.05) is 11.2 Å². The van der Waals surface area contributed by atoms with E-state index in [1.54, 1.807) is 0 Å². The smallest absolute Gasteiger partial charge is 0.316 e. The number of amides is 1. The van der Waals surface area contributed by atoms with E-state index in [-0.39, 0.29) is 11.9 Å². The monoisotopic (exact) mass is 367 g/mol. The molecule has 0 bridgehead atoms. The van der Waals surface area contributed by atoms with Gasteiger partial charge in [-0.15, -0.1) is 5.10 Å². The van der Waals surface area contributed by atoms with Crippen molar-refractivity contribution in [2.45, 2.75) is 38.6 Å². The summed E-state index contributed by atoms with van der Waals surface area (Å²) in [4.78, 5) is 14.6. The molecule has 9 nitrogen and oxygen atoms in total. The number of carbonyl (C=O) groups excluding carboxylic acids is 1. The zero-order valence-corrected chi connectivity index (χ0v) is 15.1. The predicted molar refractivity (Wildman–Crippen MR) is 97.7 cm³/mol. The fourth-order valence-corrected chi connectivity index (χ4v) is 3.83. The van der Waals surface area contributed by atoms with Crippen LogP contribution in [0.15, 0.2) is 22.6 Å². The first-order chi connectivity index (χ1) is 13.1. The molecule has 9 heteroatoms. The van der Waals surface area contributed by atoms with Gasteiger partial charge in [0.15, 0.2) is 0 Å². The van der Waals surface area contributed by atoms with E-state index in [1.807, 2.05) is 30.0 Å². The van der Waals surface area contributed by atoms with E-state index in [4.69, 9.17) is 4.42 Å². The summed E-state index contributed by atoms with van der Waals surface area (Å²) in [6.45, 7) is 3.51. The Morgan fingerprint density at radius 2 is 2.04 bits per heavy atom. The number of fused-ring (bicyclic) bond motifs is 1. The van der Waals surface area contributed by atoms with Crippen LogP contribution in [0.3, 0.4) is 0 Å². The van der Waals surface area contributed by atoms with Gasteiger partial charge in [0.05, 0.1) is 5.56 Å². The molecule has 2 aliphatic rings. The highest BCUT2D eigenvalue weighted by atomic mass is 16.4. The third-order valence-corrected chi connectivity index (χ3v) is 5.81. The Morgan fingerprint density at radius 1 is 1.22 bits per heavy atom. The zero-order chi connectivity index (χ0) is 18.4. The van der Waals surface area contributed by atoms with Crippen LogP contribution in [0.1, 0.15) is 32.6 Å². The van der Waals surface area contributed by atoms with Crippen molar-refractivity contribution in [1.29, 1.82) is 0 Å². The van der Waals surface area contributed by atoms with E-state index >= 15 is 0 Å². The Labute approximate surface area is 155 Å². The average molecular weight is 367 g/mol. The number of aromatic nitrogens is 5. The molecule has 140 valence electrons. The van der Waals surface area contributed by atoms with E-state index in [1.165, 1.54) is 12.8 Å². The molecule has 1 aliphatic heterocycles. The molecule has 5 rings (SSSR count). The lowest BCUT2D eigenvalue weighted by molar-refractivity contribution is -0.133. The summed E-state index contributed by atoms with van der Waals surface area (Å²) in [7, 11) is 0. The van der Waals surface area contributed by atoms with Crippen molar-refractivity contribution in [3.8, 4) is 11.5 Å². The fraction of sp³-hybridized carbons (Fsp3) is 0.500. The van der Waals surface area contributed by atoms with Crippen LogP contribution in [0.25, 0.3) is 22.5 Å². The van der Waals surface area contributed by atoms with Crippen molar-refractivity contribution < 1.29 is 9.21 Å². The number of benzene rings is 1. The molecule has 1 atom stereocenters. The van der Waals surface area contributed by atoms with Gasteiger partial charge in [0.2, 0.25) is 5.91 Å². The van der Waals surface area contributed by atoms with E-state index in [0.29, 0.717) is 22.4 Å². The van der Waals surface area contributed by atoms with Crippen LogP contribution in [0.2, 0.25) is 0 Å². The number of aromatic amines is 1. The number of hydrogen-bond acceptors (Lipinski definition) is 7. The Balaban J connectivity index is 1.27. The Morgan fingerprint density at radius 3 is 2.81 bits per heavy atom. The van der Waals surface area contributed by atoms with Crippen molar-refractivity contribution in [3.05, 3.63) is 18.2 Å². The number of hydrogen-bond donors (Lipinski definition) is 2.